The Morgan fingerprint density at radius 3 is 2.45 bits per heavy atom. The molecule has 29 heavy (non-hydrogen) atoms. The number of aryl methyl sites for hydroxylation is 1. The first kappa shape index (κ1) is 22.4. The van der Waals surface area contributed by atoms with E-state index in [1.807, 2.05) is 25.1 Å². The molecule has 1 amide bonds. The van der Waals surface area contributed by atoms with Gasteiger partial charge in [-0.3, -0.25) is 4.79 Å². The quantitative estimate of drug-likeness (QED) is 0.606. The summed E-state index contributed by atoms with van der Waals surface area (Å²) in [6, 6.07) is 15.2. The van der Waals surface area contributed by atoms with Crippen LogP contribution in [0, 0.1) is 6.92 Å². The molecule has 0 radical (unpaired) electrons. The molecule has 2 atom stereocenters. The largest absolute Gasteiger partial charge is 0.481 e. The second kappa shape index (κ2) is 11.2. The first-order chi connectivity index (χ1) is 13.9. The van der Waals surface area contributed by atoms with Gasteiger partial charge in [-0.2, -0.15) is 0 Å². The molecule has 6 heteroatoms. The molecule has 2 N–H and O–H groups in total. The van der Waals surface area contributed by atoms with Crippen molar-refractivity contribution in [2.45, 2.75) is 45.8 Å². The fraction of sp³-hybridized carbons (Fsp3) is 0.391. The SMILES string of the molecule is CCOC(Cc1ccc(OC(C)C(=O)NCCc2cccc(C)c2)cc1)C(=O)O. The highest BCUT2D eigenvalue weighted by atomic mass is 16.5. The summed E-state index contributed by atoms with van der Waals surface area (Å²) in [6.07, 6.45) is -0.462. The van der Waals surface area contributed by atoms with Crippen molar-refractivity contribution in [2.24, 2.45) is 0 Å². The predicted molar refractivity (Wildman–Crippen MR) is 111 cm³/mol. The lowest BCUT2D eigenvalue weighted by molar-refractivity contribution is -0.150. The molecule has 156 valence electrons. The van der Waals surface area contributed by atoms with E-state index in [0.29, 0.717) is 18.9 Å². The summed E-state index contributed by atoms with van der Waals surface area (Å²) < 4.78 is 10.9. The first-order valence-corrected chi connectivity index (χ1v) is 9.82. The molecule has 0 heterocycles. The van der Waals surface area contributed by atoms with Crippen LogP contribution < -0.4 is 10.1 Å². The molecule has 0 fully saturated rings. The summed E-state index contributed by atoms with van der Waals surface area (Å²) >= 11 is 0. The van der Waals surface area contributed by atoms with Gasteiger partial charge in [-0.1, -0.05) is 42.0 Å². The zero-order valence-corrected chi connectivity index (χ0v) is 17.2. The third-order valence-electron chi connectivity index (χ3n) is 4.47. The van der Waals surface area contributed by atoms with Crippen molar-refractivity contribution in [3.05, 3.63) is 65.2 Å². The van der Waals surface area contributed by atoms with Crippen molar-refractivity contribution >= 4 is 11.9 Å². The normalized spacial score (nSPS) is 12.8. The number of nitrogens with one attached hydrogen (secondary N) is 1. The van der Waals surface area contributed by atoms with Crippen LogP contribution in [-0.4, -0.2) is 42.3 Å². The van der Waals surface area contributed by atoms with Crippen molar-refractivity contribution < 1.29 is 24.2 Å². The van der Waals surface area contributed by atoms with E-state index in [2.05, 4.69) is 11.4 Å². The number of hydrogen-bond donors (Lipinski definition) is 2. The zero-order chi connectivity index (χ0) is 21.2. The van der Waals surface area contributed by atoms with Crippen molar-refractivity contribution in [3.8, 4) is 5.75 Å². The molecule has 0 spiro atoms. The van der Waals surface area contributed by atoms with Crippen LogP contribution in [-0.2, 0) is 27.2 Å². The van der Waals surface area contributed by atoms with Gasteiger partial charge in [0.25, 0.3) is 5.91 Å². The second-order valence-corrected chi connectivity index (χ2v) is 6.92. The molecule has 6 nitrogen and oxygen atoms in total. The maximum absolute atomic E-state index is 12.2. The fourth-order valence-corrected chi connectivity index (χ4v) is 2.94. The van der Waals surface area contributed by atoms with Gasteiger partial charge in [-0.15, -0.1) is 0 Å². The molecule has 2 aromatic rings. The average Bonchev–Trinajstić information content (AvgIpc) is 2.69. The Morgan fingerprint density at radius 2 is 1.83 bits per heavy atom. The Hall–Kier alpha value is -2.86. The maximum atomic E-state index is 12.2. The van der Waals surface area contributed by atoms with Crippen LogP contribution in [0.15, 0.2) is 48.5 Å². The minimum Gasteiger partial charge on any atom is -0.481 e. The van der Waals surface area contributed by atoms with E-state index in [-0.39, 0.29) is 12.3 Å². The van der Waals surface area contributed by atoms with E-state index in [9.17, 15) is 9.59 Å². The molecule has 0 saturated heterocycles. The smallest absolute Gasteiger partial charge is 0.333 e. The highest BCUT2D eigenvalue weighted by Gasteiger charge is 2.18. The monoisotopic (exact) mass is 399 g/mol. The van der Waals surface area contributed by atoms with Crippen molar-refractivity contribution in [1.82, 2.24) is 5.32 Å². The number of carbonyl (C=O) groups excluding carboxylic acids is 1. The van der Waals surface area contributed by atoms with Gasteiger partial charge >= 0.3 is 5.97 Å². The molecule has 0 aliphatic rings. The summed E-state index contributed by atoms with van der Waals surface area (Å²) in [6.45, 7) is 6.39. The lowest BCUT2D eigenvalue weighted by Crippen LogP contribution is -2.37. The molecule has 0 bridgehead atoms. The number of hydrogen-bond acceptors (Lipinski definition) is 4. The molecule has 2 unspecified atom stereocenters. The van der Waals surface area contributed by atoms with Crippen LogP contribution >= 0.6 is 0 Å². The van der Waals surface area contributed by atoms with Crippen LogP contribution in [0.5, 0.6) is 5.75 Å². The highest BCUT2D eigenvalue weighted by molar-refractivity contribution is 5.80. The van der Waals surface area contributed by atoms with Crippen LogP contribution in [0.3, 0.4) is 0 Å². The Bertz CT molecular complexity index is 803. The summed E-state index contributed by atoms with van der Waals surface area (Å²) in [7, 11) is 0. The third kappa shape index (κ3) is 7.58. The van der Waals surface area contributed by atoms with Gasteiger partial charge in [-0.05, 0) is 50.5 Å². The number of carboxylic acid groups (broad SMARTS) is 1. The summed E-state index contributed by atoms with van der Waals surface area (Å²) in [5, 5.41) is 12.1. The van der Waals surface area contributed by atoms with E-state index in [1.54, 1.807) is 38.1 Å². The van der Waals surface area contributed by atoms with Crippen LogP contribution in [0.1, 0.15) is 30.5 Å². The summed E-state index contributed by atoms with van der Waals surface area (Å²) in [5.41, 5.74) is 3.21. The molecule has 0 aromatic heterocycles. The van der Waals surface area contributed by atoms with Crippen molar-refractivity contribution in [2.75, 3.05) is 13.2 Å². The van der Waals surface area contributed by atoms with Gasteiger partial charge in [0.2, 0.25) is 0 Å². The number of carbonyl (C=O) groups is 2. The second-order valence-electron chi connectivity index (χ2n) is 6.92. The van der Waals surface area contributed by atoms with Crippen molar-refractivity contribution in [1.29, 1.82) is 0 Å². The van der Waals surface area contributed by atoms with Crippen LogP contribution in [0.4, 0.5) is 0 Å². The van der Waals surface area contributed by atoms with E-state index in [0.717, 1.165) is 12.0 Å². The van der Waals surface area contributed by atoms with E-state index >= 15 is 0 Å². The molecule has 2 aromatic carbocycles. The molecule has 2 rings (SSSR count). The molecule has 0 aliphatic heterocycles. The number of amides is 1. The Kier molecular flexibility index (Phi) is 8.68. The third-order valence-corrected chi connectivity index (χ3v) is 4.47. The fourth-order valence-electron chi connectivity index (χ4n) is 2.94. The summed E-state index contributed by atoms with van der Waals surface area (Å²) in [4.78, 5) is 23.4. The lowest BCUT2D eigenvalue weighted by atomic mass is 10.1. The molecular formula is C23H29NO5. The van der Waals surface area contributed by atoms with Gasteiger partial charge in [0.1, 0.15) is 5.75 Å². The maximum Gasteiger partial charge on any atom is 0.333 e. The van der Waals surface area contributed by atoms with E-state index < -0.39 is 18.2 Å². The standard InChI is InChI=1S/C23H29NO5/c1-4-28-21(23(26)27)15-19-8-10-20(11-9-19)29-17(3)22(25)24-13-12-18-7-5-6-16(2)14-18/h5-11,14,17,21H,4,12-13,15H2,1-3H3,(H,24,25)(H,26,27). The van der Waals surface area contributed by atoms with E-state index in [4.69, 9.17) is 14.6 Å². The van der Waals surface area contributed by atoms with E-state index in [1.165, 1.54) is 11.1 Å². The van der Waals surface area contributed by atoms with Gasteiger partial charge in [0, 0.05) is 19.6 Å². The van der Waals surface area contributed by atoms with Gasteiger partial charge < -0.3 is 19.9 Å². The number of aliphatic carboxylic acids is 1. The van der Waals surface area contributed by atoms with Crippen LogP contribution in [0.25, 0.3) is 0 Å². The number of carboxylic acids is 1. The van der Waals surface area contributed by atoms with Gasteiger partial charge in [-0.25, -0.2) is 4.79 Å². The van der Waals surface area contributed by atoms with Crippen molar-refractivity contribution in [3.63, 3.8) is 0 Å². The minimum atomic E-state index is -0.983. The Balaban J connectivity index is 1.80. The van der Waals surface area contributed by atoms with Gasteiger partial charge in [0.05, 0.1) is 0 Å². The number of benzene rings is 2. The minimum absolute atomic E-state index is 0.177. The Labute approximate surface area is 171 Å². The topological polar surface area (TPSA) is 84.9 Å². The lowest BCUT2D eigenvalue weighted by Gasteiger charge is -2.16. The highest BCUT2D eigenvalue weighted by Crippen LogP contribution is 2.16. The average molecular weight is 399 g/mol. The zero-order valence-electron chi connectivity index (χ0n) is 17.2. The first-order valence-electron chi connectivity index (χ1n) is 9.82. The van der Waals surface area contributed by atoms with Gasteiger partial charge in [0.15, 0.2) is 12.2 Å². The molecular weight excluding hydrogens is 370 g/mol. The summed E-state index contributed by atoms with van der Waals surface area (Å²) in [5.74, 6) is -0.606. The number of ether oxygens (including phenoxy) is 2. The van der Waals surface area contributed by atoms with Crippen LogP contribution in [0.2, 0.25) is 0 Å². The Morgan fingerprint density at radius 1 is 1.10 bits per heavy atom. The molecule has 0 aliphatic carbocycles. The predicted octanol–water partition coefficient (Wildman–Crippen LogP) is 3.15. The molecule has 0 saturated carbocycles. The number of rotatable bonds is 11.